The Labute approximate surface area is 116 Å². The number of aromatic nitrogens is 1. The average molecular weight is 273 g/mol. The molecule has 3 nitrogen and oxygen atoms in total. The van der Waals surface area contributed by atoms with Crippen LogP contribution in [0.3, 0.4) is 0 Å². The van der Waals surface area contributed by atoms with Crippen molar-refractivity contribution in [2.45, 2.75) is 6.04 Å². The van der Waals surface area contributed by atoms with E-state index < -0.39 is 0 Å². The van der Waals surface area contributed by atoms with E-state index in [0.717, 1.165) is 22.2 Å². The fourth-order valence-electron chi connectivity index (χ4n) is 2.30. The van der Waals surface area contributed by atoms with Crippen molar-refractivity contribution < 1.29 is 4.42 Å². The molecule has 96 valence electrons. The van der Waals surface area contributed by atoms with Crippen molar-refractivity contribution in [2.75, 3.05) is 7.05 Å². The average Bonchev–Trinajstić information content (AvgIpc) is 2.86. The van der Waals surface area contributed by atoms with Crippen molar-refractivity contribution >= 4 is 22.5 Å². The third-order valence-electron chi connectivity index (χ3n) is 3.14. The van der Waals surface area contributed by atoms with Gasteiger partial charge in [-0.05, 0) is 36.8 Å². The zero-order chi connectivity index (χ0) is 13.2. The van der Waals surface area contributed by atoms with Gasteiger partial charge in [0, 0.05) is 17.1 Å². The van der Waals surface area contributed by atoms with E-state index in [4.69, 9.17) is 16.0 Å². The van der Waals surface area contributed by atoms with E-state index in [-0.39, 0.29) is 6.04 Å². The van der Waals surface area contributed by atoms with Crippen LogP contribution in [0, 0.1) is 0 Å². The maximum Gasteiger partial charge on any atom is 0.193 e. The summed E-state index contributed by atoms with van der Waals surface area (Å²) in [5, 5.41) is 4.75. The molecule has 0 radical (unpaired) electrons. The van der Waals surface area contributed by atoms with Gasteiger partial charge in [0.1, 0.15) is 5.76 Å². The van der Waals surface area contributed by atoms with Gasteiger partial charge < -0.3 is 9.73 Å². The molecule has 0 saturated carbocycles. The molecule has 0 spiro atoms. The van der Waals surface area contributed by atoms with Gasteiger partial charge in [0.05, 0.1) is 11.6 Å². The van der Waals surface area contributed by atoms with Gasteiger partial charge in [0.2, 0.25) is 0 Å². The van der Waals surface area contributed by atoms with Crippen LogP contribution in [0.15, 0.2) is 53.1 Å². The van der Waals surface area contributed by atoms with Crippen molar-refractivity contribution in [1.82, 2.24) is 10.3 Å². The molecule has 0 bridgehead atoms. The first kappa shape index (κ1) is 12.2. The Bertz CT molecular complexity index is 703. The number of nitrogens with one attached hydrogen (secondary N) is 1. The fraction of sp³-hybridized carbons (Fsp3) is 0.133. The van der Waals surface area contributed by atoms with E-state index in [1.165, 1.54) is 0 Å². The van der Waals surface area contributed by atoms with Crippen LogP contribution < -0.4 is 5.32 Å². The van der Waals surface area contributed by atoms with Crippen LogP contribution >= 0.6 is 11.6 Å². The molecule has 0 fully saturated rings. The second-order valence-corrected chi connectivity index (χ2v) is 4.66. The molecule has 0 aliphatic rings. The van der Waals surface area contributed by atoms with Gasteiger partial charge in [-0.1, -0.05) is 24.3 Å². The highest BCUT2D eigenvalue weighted by molar-refractivity contribution is 6.28. The number of hydrogen-bond donors (Lipinski definition) is 1. The Morgan fingerprint density at radius 3 is 2.74 bits per heavy atom. The predicted molar refractivity (Wildman–Crippen MR) is 76.4 cm³/mol. The smallest absolute Gasteiger partial charge is 0.193 e. The van der Waals surface area contributed by atoms with Crippen molar-refractivity contribution in [3.63, 3.8) is 0 Å². The normalized spacial score (nSPS) is 12.7. The summed E-state index contributed by atoms with van der Waals surface area (Å²) in [6, 6.07) is 13.7. The summed E-state index contributed by atoms with van der Waals surface area (Å²) in [6.45, 7) is 0. The quantitative estimate of drug-likeness (QED) is 0.788. The number of nitrogens with zero attached hydrogens (tertiary/aromatic N) is 1. The van der Waals surface area contributed by atoms with Crippen molar-refractivity contribution in [3.8, 4) is 0 Å². The Hall–Kier alpha value is -1.84. The van der Waals surface area contributed by atoms with E-state index in [1.807, 2.05) is 43.4 Å². The molecule has 0 saturated heterocycles. The largest absolute Gasteiger partial charge is 0.448 e. The SMILES string of the molecule is CNC(c1ccc(Cl)o1)c1cccc2cccnc12. The number of benzene rings is 1. The van der Waals surface area contributed by atoms with Crippen LogP contribution in [0.4, 0.5) is 0 Å². The highest BCUT2D eigenvalue weighted by atomic mass is 35.5. The molecule has 0 aliphatic carbocycles. The molecule has 19 heavy (non-hydrogen) atoms. The lowest BCUT2D eigenvalue weighted by molar-refractivity contribution is 0.466. The van der Waals surface area contributed by atoms with Crippen LogP contribution in [0.2, 0.25) is 5.22 Å². The van der Waals surface area contributed by atoms with Gasteiger partial charge in [-0.15, -0.1) is 0 Å². The lowest BCUT2D eigenvalue weighted by atomic mass is 10.0. The highest BCUT2D eigenvalue weighted by Gasteiger charge is 2.18. The van der Waals surface area contributed by atoms with E-state index >= 15 is 0 Å². The summed E-state index contributed by atoms with van der Waals surface area (Å²) in [5.74, 6) is 0.783. The molecule has 1 N–H and O–H groups in total. The summed E-state index contributed by atoms with van der Waals surface area (Å²) in [5.41, 5.74) is 2.04. The number of hydrogen-bond acceptors (Lipinski definition) is 3. The zero-order valence-corrected chi connectivity index (χ0v) is 11.2. The van der Waals surface area contributed by atoms with Crippen LogP contribution in [0.1, 0.15) is 17.4 Å². The summed E-state index contributed by atoms with van der Waals surface area (Å²) in [7, 11) is 1.89. The van der Waals surface area contributed by atoms with Crippen LogP contribution in [0.5, 0.6) is 0 Å². The molecule has 0 amide bonds. The number of furan rings is 1. The maximum absolute atomic E-state index is 5.86. The summed E-state index contributed by atoms with van der Waals surface area (Å²) in [6.07, 6.45) is 1.80. The number of fused-ring (bicyclic) bond motifs is 1. The number of para-hydroxylation sites is 1. The molecule has 3 rings (SSSR count). The monoisotopic (exact) mass is 272 g/mol. The number of halogens is 1. The first-order valence-corrected chi connectivity index (χ1v) is 6.43. The Morgan fingerprint density at radius 1 is 1.16 bits per heavy atom. The predicted octanol–water partition coefficient (Wildman–Crippen LogP) is 3.79. The van der Waals surface area contributed by atoms with E-state index in [2.05, 4.69) is 10.3 Å². The minimum atomic E-state index is -0.0638. The summed E-state index contributed by atoms with van der Waals surface area (Å²) in [4.78, 5) is 4.47. The Balaban J connectivity index is 2.16. The van der Waals surface area contributed by atoms with Crippen molar-refractivity contribution in [2.24, 2.45) is 0 Å². The first-order valence-electron chi connectivity index (χ1n) is 6.06. The number of rotatable bonds is 3. The molecule has 3 aromatic rings. The second-order valence-electron chi connectivity index (χ2n) is 4.29. The van der Waals surface area contributed by atoms with Crippen LogP contribution in [-0.4, -0.2) is 12.0 Å². The van der Waals surface area contributed by atoms with E-state index in [1.54, 1.807) is 12.3 Å². The van der Waals surface area contributed by atoms with Crippen LogP contribution in [0.25, 0.3) is 10.9 Å². The van der Waals surface area contributed by atoms with Gasteiger partial charge >= 0.3 is 0 Å². The number of pyridine rings is 1. The maximum atomic E-state index is 5.86. The molecule has 1 aromatic carbocycles. The fourth-order valence-corrected chi connectivity index (χ4v) is 2.45. The minimum Gasteiger partial charge on any atom is -0.448 e. The Kier molecular flexibility index (Phi) is 3.23. The molecular formula is C15H13ClN2O. The summed E-state index contributed by atoms with van der Waals surface area (Å²) < 4.78 is 5.52. The van der Waals surface area contributed by atoms with Crippen LogP contribution in [-0.2, 0) is 0 Å². The zero-order valence-electron chi connectivity index (χ0n) is 10.4. The lowest BCUT2D eigenvalue weighted by Gasteiger charge is -2.15. The lowest BCUT2D eigenvalue weighted by Crippen LogP contribution is -2.17. The molecule has 2 heterocycles. The molecular weight excluding hydrogens is 260 g/mol. The van der Waals surface area contributed by atoms with Gasteiger partial charge in [-0.2, -0.15) is 0 Å². The molecule has 1 unspecified atom stereocenters. The molecule has 1 atom stereocenters. The molecule has 0 aliphatic heterocycles. The van der Waals surface area contributed by atoms with E-state index in [0.29, 0.717) is 5.22 Å². The minimum absolute atomic E-state index is 0.0638. The second kappa shape index (κ2) is 5.03. The van der Waals surface area contributed by atoms with Gasteiger partial charge in [-0.3, -0.25) is 4.98 Å². The van der Waals surface area contributed by atoms with Gasteiger partial charge in [-0.25, -0.2) is 0 Å². The summed E-state index contributed by atoms with van der Waals surface area (Å²) >= 11 is 5.86. The standard InChI is InChI=1S/C15H13ClN2O/c1-17-15(12-7-8-13(16)19-12)11-6-2-4-10-5-3-9-18-14(10)11/h2-9,15,17H,1H3. The highest BCUT2D eigenvalue weighted by Crippen LogP contribution is 2.29. The third-order valence-corrected chi connectivity index (χ3v) is 3.35. The first-order chi connectivity index (χ1) is 9.29. The molecule has 2 aromatic heterocycles. The third kappa shape index (κ3) is 2.23. The van der Waals surface area contributed by atoms with E-state index in [9.17, 15) is 0 Å². The van der Waals surface area contributed by atoms with Gasteiger partial charge in [0.15, 0.2) is 5.22 Å². The van der Waals surface area contributed by atoms with Crippen molar-refractivity contribution in [1.29, 1.82) is 0 Å². The molecule has 4 heteroatoms. The topological polar surface area (TPSA) is 38.1 Å². The van der Waals surface area contributed by atoms with Gasteiger partial charge in [0.25, 0.3) is 0 Å². The Morgan fingerprint density at radius 2 is 2.00 bits per heavy atom. The van der Waals surface area contributed by atoms with Crippen molar-refractivity contribution in [3.05, 3.63) is 65.2 Å².